The largest absolute Gasteiger partial charge is 0.455 e. The van der Waals surface area contributed by atoms with Crippen LogP contribution in [-0.2, 0) is 0 Å². The van der Waals surface area contributed by atoms with Crippen LogP contribution in [0, 0.1) is 6.92 Å². The quantitative estimate of drug-likeness (QED) is 0.787. The summed E-state index contributed by atoms with van der Waals surface area (Å²) in [6, 6.07) is 11.3. The lowest BCUT2D eigenvalue weighted by Gasteiger charge is -2.13. The van der Waals surface area contributed by atoms with E-state index in [-0.39, 0.29) is 0 Å². The first-order chi connectivity index (χ1) is 8.97. The van der Waals surface area contributed by atoms with E-state index in [1.54, 1.807) is 18.2 Å². The van der Waals surface area contributed by atoms with Gasteiger partial charge in [-0.05, 0) is 54.3 Å². The average molecular weight is 276 g/mol. The Bertz CT molecular complexity index is 593. The summed E-state index contributed by atoms with van der Waals surface area (Å²) in [6.45, 7) is 6.45. The first-order valence-electron chi connectivity index (χ1n) is 6.31. The van der Waals surface area contributed by atoms with E-state index in [0.717, 1.165) is 5.75 Å². The Morgan fingerprint density at radius 3 is 2.42 bits per heavy atom. The molecule has 2 aromatic rings. The van der Waals surface area contributed by atoms with Crippen LogP contribution in [0.2, 0.25) is 5.02 Å². The molecule has 0 saturated carbocycles. The highest BCUT2D eigenvalue weighted by atomic mass is 35.5. The molecule has 0 aliphatic rings. The fraction of sp³-hybridized carbons (Fsp3) is 0.250. The molecule has 0 aliphatic heterocycles. The summed E-state index contributed by atoms with van der Waals surface area (Å²) < 4.78 is 5.80. The SMILES string of the molecule is Cc1cc(Oc2ccc(Cl)cc2N)ccc1C(C)C. The topological polar surface area (TPSA) is 35.2 Å². The van der Waals surface area contributed by atoms with E-state index in [4.69, 9.17) is 22.1 Å². The third kappa shape index (κ3) is 3.21. The number of nitrogen functional groups attached to an aromatic ring is 1. The Kier molecular flexibility index (Phi) is 4.01. The highest BCUT2D eigenvalue weighted by molar-refractivity contribution is 6.30. The first kappa shape index (κ1) is 13.8. The maximum Gasteiger partial charge on any atom is 0.150 e. The van der Waals surface area contributed by atoms with Gasteiger partial charge >= 0.3 is 0 Å². The summed E-state index contributed by atoms with van der Waals surface area (Å²) in [5, 5.41) is 0.608. The Morgan fingerprint density at radius 2 is 1.84 bits per heavy atom. The van der Waals surface area contributed by atoms with Crippen molar-refractivity contribution in [1.82, 2.24) is 0 Å². The van der Waals surface area contributed by atoms with Crippen LogP contribution in [0.5, 0.6) is 11.5 Å². The zero-order valence-electron chi connectivity index (χ0n) is 11.4. The van der Waals surface area contributed by atoms with Gasteiger partial charge in [0, 0.05) is 5.02 Å². The third-order valence-electron chi connectivity index (χ3n) is 3.06. The van der Waals surface area contributed by atoms with Gasteiger partial charge in [-0.25, -0.2) is 0 Å². The van der Waals surface area contributed by atoms with Crippen molar-refractivity contribution in [1.29, 1.82) is 0 Å². The van der Waals surface area contributed by atoms with Gasteiger partial charge in [0.05, 0.1) is 5.69 Å². The fourth-order valence-corrected chi connectivity index (χ4v) is 2.28. The highest BCUT2D eigenvalue weighted by Gasteiger charge is 2.07. The second-order valence-corrected chi connectivity index (χ2v) is 5.39. The van der Waals surface area contributed by atoms with Crippen molar-refractivity contribution in [2.75, 3.05) is 5.73 Å². The molecular formula is C16H18ClNO. The molecule has 0 heterocycles. The number of rotatable bonds is 3. The molecule has 0 aromatic heterocycles. The van der Waals surface area contributed by atoms with Crippen LogP contribution < -0.4 is 10.5 Å². The number of hydrogen-bond donors (Lipinski definition) is 1. The van der Waals surface area contributed by atoms with Crippen LogP contribution in [-0.4, -0.2) is 0 Å². The lowest BCUT2D eigenvalue weighted by Crippen LogP contribution is -1.95. The second-order valence-electron chi connectivity index (χ2n) is 4.96. The van der Waals surface area contributed by atoms with E-state index in [2.05, 4.69) is 26.8 Å². The van der Waals surface area contributed by atoms with E-state index in [0.29, 0.717) is 22.4 Å². The Balaban J connectivity index is 2.26. The molecule has 2 N–H and O–H groups in total. The molecule has 0 amide bonds. The zero-order chi connectivity index (χ0) is 14.0. The number of halogens is 1. The van der Waals surface area contributed by atoms with E-state index in [1.807, 2.05) is 12.1 Å². The molecule has 2 rings (SSSR count). The van der Waals surface area contributed by atoms with E-state index < -0.39 is 0 Å². The predicted molar refractivity (Wildman–Crippen MR) is 81.2 cm³/mol. The van der Waals surface area contributed by atoms with E-state index in [1.165, 1.54) is 11.1 Å². The Morgan fingerprint density at radius 1 is 1.11 bits per heavy atom. The fourth-order valence-electron chi connectivity index (χ4n) is 2.10. The minimum absolute atomic E-state index is 0.509. The third-order valence-corrected chi connectivity index (χ3v) is 3.30. The van der Waals surface area contributed by atoms with Crippen molar-refractivity contribution < 1.29 is 4.74 Å². The lowest BCUT2D eigenvalue weighted by atomic mass is 9.98. The van der Waals surface area contributed by atoms with Gasteiger partial charge in [-0.3, -0.25) is 0 Å². The Hall–Kier alpha value is -1.67. The summed E-state index contributed by atoms with van der Waals surface area (Å²) in [4.78, 5) is 0. The van der Waals surface area contributed by atoms with Crippen molar-refractivity contribution >= 4 is 17.3 Å². The molecule has 0 radical (unpaired) electrons. The van der Waals surface area contributed by atoms with Gasteiger partial charge < -0.3 is 10.5 Å². The van der Waals surface area contributed by atoms with Gasteiger partial charge in [0.1, 0.15) is 11.5 Å². The number of aryl methyl sites for hydroxylation is 1. The standard InChI is InChI=1S/C16H18ClNO/c1-10(2)14-6-5-13(8-11(14)3)19-16-7-4-12(17)9-15(16)18/h4-10H,18H2,1-3H3. The highest BCUT2D eigenvalue weighted by Crippen LogP contribution is 2.31. The van der Waals surface area contributed by atoms with Crippen LogP contribution in [0.4, 0.5) is 5.69 Å². The number of ether oxygens (including phenoxy) is 1. The monoisotopic (exact) mass is 275 g/mol. The molecular weight excluding hydrogens is 258 g/mol. The summed E-state index contributed by atoms with van der Waals surface area (Å²) in [5.74, 6) is 1.92. The maximum absolute atomic E-state index is 5.88. The van der Waals surface area contributed by atoms with Crippen LogP contribution in [0.3, 0.4) is 0 Å². The smallest absolute Gasteiger partial charge is 0.150 e. The molecule has 0 spiro atoms. The van der Waals surface area contributed by atoms with Gasteiger partial charge in [-0.15, -0.1) is 0 Å². The lowest BCUT2D eigenvalue weighted by molar-refractivity contribution is 0.484. The predicted octanol–water partition coefficient (Wildman–Crippen LogP) is 5.15. The molecule has 3 heteroatoms. The van der Waals surface area contributed by atoms with Gasteiger partial charge in [-0.1, -0.05) is 31.5 Å². The summed E-state index contributed by atoms with van der Waals surface area (Å²) in [6.07, 6.45) is 0. The number of anilines is 1. The number of nitrogens with two attached hydrogens (primary N) is 1. The molecule has 2 nitrogen and oxygen atoms in total. The zero-order valence-corrected chi connectivity index (χ0v) is 12.2. The number of benzene rings is 2. The molecule has 2 aromatic carbocycles. The van der Waals surface area contributed by atoms with Crippen LogP contribution in [0.15, 0.2) is 36.4 Å². The van der Waals surface area contributed by atoms with Crippen molar-refractivity contribution in [3.63, 3.8) is 0 Å². The first-order valence-corrected chi connectivity index (χ1v) is 6.68. The molecule has 100 valence electrons. The van der Waals surface area contributed by atoms with Crippen LogP contribution in [0.1, 0.15) is 30.9 Å². The normalized spacial score (nSPS) is 10.8. The second kappa shape index (κ2) is 5.54. The van der Waals surface area contributed by atoms with Crippen molar-refractivity contribution in [2.45, 2.75) is 26.7 Å². The van der Waals surface area contributed by atoms with E-state index in [9.17, 15) is 0 Å². The summed E-state index contributed by atoms with van der Waals surface area (Å²) in [5.41, 5.74) is 8.97. The van der Waals surface area contributed by atoms with Crippen LogP contribution >= 0.6 is 11.6 Å². The minimum atomic E-state index is 0.509. The van der Waals surface area contributed by atoms with Gasteiger partial charge in [-0.2, -0.15) is 0 Å². The van der Waals surface area contributed by atoms with Gasteiger partial charge in [0.15, 0.2) is 0 Å². The molecule has 0 aliphatic carbocycles. The molecule has 0 fully saturated rings. The summed E-state index contributed by atoms with van der Waals surface area (Å²) >= 11 is 5.87. The van der Waals surface area contributed by atoms with E-state index >= 15 is 0 Å². The van der Waals surface area contributed by atoms with Crippen molar-refractivity contribution in [2.24, 2.45) is 0 Å². The average Bonchev–Trinajstić information content (AvgIpc) is 2.32. The molecule has 0 bridgehead atoms. The molecule has 0 saturated heterocycles. The van der Waals surface area contributed by atoms with Gasteiger partial charge in [0.2, 0.25) is 0 Å². The number of hydrogen-bond acceptors (Lipinski definition) is 2. The maximum atomic E-state index is 5.88. The molecule has 19 heavy (non-hydrogen) atoms. The molecule has 0 unspecified atom stereocenters. The Labute approximate surface area is 119 Å². The van der Waals surface area contributed by atoms with Crippen LogP contribution in [0.25, 0.3) is 0 Å². The summed E-state index contributed by atoms with van der Waals surface area (Å²) in [7, 11) is 0. The van der Waals surface area contributed by atoms with Gasteiger partial charge in [0.25, 0.3) is 0 Å². The minimum Gasteiger partial charge on any atom is -0.455 e. The van der Waals surface area contributed by atoms with Crippen molar-refractivity contribution in [3.05, 3.63) is 52.5 Å². The molecule has 0 atom stereocenters. The van der Waals surface area contributed by atoms with Crippen molar-refractivity contribution in [3.8, 4) is 11.5 Å².